The van der Waals surface area contributed by atoms with Gasteiger partial charge in [0.1, 0.15) is 11.4 Å². The van der Waals surface area contributed by atoms with E-state index in [1.165, 1.54) is 34.5 Å². The first kappa shape index (κ1) is 24.4. The lowest BCUT2D eigenvalue weighted by molar-refractivity contribution is -0.143. The first-order valence-electron chi connectivity index (χ1n) is 8.96. The fraction of sp³-hybridized carbons (Fsp3) is 0.556. The Morgan fingerprint density at radius 2 is 1.79 bits per heavy atom. The average molecular weight is 435 g/mol. The van der Waals surface area contributed by atoms with Gasteiger partial charge in [0.15, 0.2) is 0 Å². The number of nitrogens with zero attached hydrogens (tertiary/aromatic N) is 2. The van der Waals surface area contributed by atoms with Gasteiger partial charge in [0.05, 0.1) is 18.2 Å². The Labute approximate surface area is 171 Å². The van der Waals surface area contributed by atoms with Crippen LogP contribution in [0.3, 0.4) is 0 Å². The highest BCUT2D eigenvalue weighted by Gasteiger charge is 2.27. The van der Waals surface area contributed by atoms with Crippen LogP contribution < -0.4 is 0 Å². The van der Waals surface area contributed by atoms with Crippen LogP contribution in [-0.2, 0) is 24.3 Å². The summed E-state index contributed by atoms with van der Waals surface area (Å²) in [4.78, 5) is 25.8. The van der Waals surface area contributed by atoms with E-state index in [-0.39, 0.29) is 54.9 Å². The molecule has 1 rings (SSSR count). The Morgan fingerprint density at radius 1 is 1.14 bits per heavy atom. The van der Waals surface area contributed by atoms with Crippen molar-refractivity contribution in [1.29, 1.82) is 0 Å². The van der Waals surface area contributed by atoms with Gasteiger partial charge in [0.2, 0.25) is 10.0 Å². The first-order valence-corrected chi connectivity index (χ1v) is 10.8. The van der Waals surface area contributed by atoms with Crippen LogP contribution >= 0.6 is 11.6 Å². The highest BCUT2D eigenvalue weighted by atomic mass is 35.5. The molecule has 1 amide bonds. The molecule has 10 heteroatoms. The van der Waals surface area contributed by atoms with Gasteiger partial charge in [-0.1, -0.05) is 25.4 Å². The summed E-state index contributed by atoms with van der Waals surface area (Å²) in [5.74, 6) is -1.07. The van der Waals surface area contributed by atoms with Gasteiger partial charge in [-0.2, -0.15) is 4.31 Å². The Morgan fingerprint density at radius 3 is 2.32 bits per heavy atom. The lowest BCUT2D eigenvalue weighted by Crippen LogP contribution is -2.39. The SMILES string of the molecule is CCOC(=O)CN(CCOC)C(=O)c1ccc(Cl)c(S(=O)(=O)N(CC)CC)c1. The van der Waals surface area contributed by atoms with Crippen molar-refractivity contribution < 1.29 is 27.5 Å². The van der Waals surface area contributed by atoms with Crippen molar-refractivity contribution in [2.24, 2.45) is 0 Å². The summed E-state index contributed by atoms with van der Waals surface area (Å²) in [6.07, 6.45) is 0. The summed E-state index contributed by atoms with van der Waals surface area (Å²) in [5.41, 5.74) is 0.107. The molecule has 0 atom stereocenters. The molecule has 0 fully saturated rings. The number of sulfonamides is 1. The maximum absolute atomic E-state index is 12.9. The van der Waals surface area contributed by atoms with Gasteiger partial charge < -0.3 is 14.4 Å². The van der Waals surface area contributed by atoms with Crippen LogP contribution in [0.1, 0.15) is 31.1 Å². The minimum atomic E-state index is -3.85. The lowest BCUT2D eigenvalue weighted by Gasteiger charge is -2.23. The maximum atomic E-state index is 12.9. The van der Waals surface area contributed by atoms with Crippen molar-refractivity contribution >= 4 is 33.5 Å². The van der Waals surface area contributed by atoms with Crippen molar-refractivity contribution in [2.75, 3.05) is 46.5 Å². The number of hydrogen-bond acceptors (Lipinski definition) is 6. The molecule has 28 heavy (non-hydrogen) atoms. The zero-order valence-electron chi connectivity index (χ0n) is 16.6. The molecule has 0 aromatic heterocycles. The van der Waals surface area contributed by atoms with Crippen molar-refractivity contribution in [1.82, 2.24) is 9.21 Å². The van der Waals surface area contributed by atoms with E-state index < -0.39 is 21.9 Å². The molecule has 158 valence electrons. The molecule has 0 unspecified atom stereocenters. The number of benzene rings is 1. The third-order valence-electron chi connectivity index (χ3n) is 3.98. The molecule has 0 aliphatic rings. The van der Waals surface area contributed by atoms with Crippen molar-refractivity contribution in [3.05, 3.63) is 28.8 Å². The molecule has 0 saturated heterocycles. The second-order valence-corrected chi connectivity index (χ2v) is 8.07. The Hall–Kier alpha value is -1.68. The number of amides is 1. The number of ether oxygens (including phenoxy) is 2. The van der Waals surface area contributed by atoms with E-state index in [2.05, 4.69) is 0 Å². The molecule has 0 radical (unpaired) electrons. The first-order chi connectivity index (χ1) is 13.2. The predicted octanol–water partition coefficient (Wildman–Crippen LogP) is 2.02. The Balaban J connectivity index is 3.26. The fourth-order valence-electron chi connectivity index (χ4n) is 2.54. The molecule has 0 N–H and O–H groups in total. The van der Waals surface area contributed by atoms with Crippen LogP contribution in [0, 0.1) is 0 Å². The van der Waals surface area contributed by atoms with Crippen LogP contribution in [0.5, 0.6) is 0 Å². The predicted molar refractivity (Wildman–Crippen MR) is 106 cm³/mol. The summed E-state index contributed by atoms with van der Waals surface area (Å²) >= 11 is 6.11. The monoisotopic (exact) mass is 434 g/mol. The van der Waals surface area contributed by atoms with E-state index in [1.54, 1.807) is 20.8 Å². The highest BCUT2D eigenvalue weighted by molar-refractivity contribution is 7.89. The molecule has 0 aliphatic carbocycles. The standard InChI is InChI=1S/C18H27ClN2O6S/c1-5-21(6-2)28(24,25)16-12-14(8-9-15(16)19)18(23)20(10-11-26-4)13-17(22)27-7-3/h8-9,12H,5-7,10-11,13H2,1-4H3. The van der Waals surface area contributed by atoms with E-state index in [9.17, 15) is 18.0 Å². The lowest BCUT2D eigenvalue weighted by atomic mass is 10.2. The van der Waals surface area contributed by atoms with Crippen molar-refractivity contribution in [2.45, 2.75) is 25.7 Å². The van der Waals surface area contributed by atoms with E-state index in [0.717, 1.165) is 0 Å². The van der Waals surface area contributed by atoms with Crippen LogP contribution in [-0.4, -0.2) is 76.0 Å². The second kappa shape index (κ2) is 11.4. The maximum Gasteiger partial charge on any atom is 0.325 e. The largest absolute Gasteiger partial charge is 0.465 e. The molecule has 1 aromatic rings. The van der Waals surface area contributed by atoms with Gasteiger partial charge in [0.25, 0.3) is 5.91 Å². The summed E-state index contributed by atoms with van der Waals surface area (Å²) in [7, 11) is -2.37. The number of rotatable bonds is 11. The van der Waals surface area contributed by atoms with Crippen LogP contribution in [0.2, 0.25) is 5.02 Å². The summed E-state index contributed by atoms with van der Waals surface area (Å²) in [5, 5.41) is 0.0253. The molecule has 1 aromatic carbocycles. The number of hydrogen-bond donors (Lipinski definition) is 0. The van der Waals surface area contributed by atoms with Gasteiger partial charge in [0, 0.05) is 32.3 Å². The topological polar surface area (TPSA) is 93.2 Å². The quantitative estimate of drug-likeness (QED) is 0.494. The van der Waals surface area contributed by atoms with E-state index in [4.69, 9.17) is 21.1 Å². The second-order valence-electron chi connectivity index (χ2n) is 5.76. The van der Waals surface area contributed by atoms with Crippen molar-refractivity contribution in [3.63, 3.8) is 0 Å². The van der Waals surface area contributed by atoms with E-state index in [1.807, 2.05) is 0 Å². The van der Waals surface area contributed by atoms with Crippen LogP contribution in [0.4, 0.5) is 0 Å². The van der Waals surface area contributed by atoms with Gasteiger partial charge in [-0.3, -0.25) is 9.59 Å². The van der Waals surface area contributed by atoms with E-state index >= 15 is 0 Å². The van der Waals surface area contributed by atoms with Gasteiger partial charge in [-0.05, 0) is 25.1 Å². The Bertz CT molecular complexity index is 780. The van der Waals surface area contributed by atoms with Gasteiger partial charge in [-0.25, -0.2) is 8.42 Å². The number of halogens is 1. The molecular formula is C18H27ClN2O6S. The minimum Gasteiger partial charge on any atom is -0.465 e. The van der Waals surface area contributed by atoms with Crippen LogP contribution in [0.25, 0.3) is 0 Å². The minimum absolute atomic E-state index is 0.0253. The van der Waals surface area contributed by atoms with Gasteiger partial charge >= 0.3 is 5.97 Å². The fourth-order valence-corrected chi connectivity index (χ4v) is 4.49. The van der Waals surface area contributed by atoms with E-state index in [0.29, 0.717) is 0 Å². The smallest absolute Gasteiger partial charge is 0.325 e. The molecule has 0 aliphatic heterocycles. The summed E-state index contributed by atoms with van der Waals surface area (Å²) in [6.45, 7) is 5.94. The summed E-state index contributed by atoms with van der Waals surface area (Å²) < 4.78 is 36.8. The number of carbonyl (C=O) groups excluding carboxylic acids is 2. The Kier molecular flexibility index (Phi) is 9.88. The van der Waals surface area contributed by atoms with Crippen LogP contribution in [0.15, 0.2) is 23.1 Å². The zero-order valence-corrected chi connectivity index (χ0v) is 18.2. The molecular weight excluding hydrogens is 408 g/mol. The highest BCUT2D eigenvalue weighted by Crippen LogP contribution is 2.26. The third-order valence-corrected chi connectivity index (χ3v) is 6.51. The number of methoxy groups -OCH3 is 1. The normalized spacial score (nSPS) is 11.5. The summed E-state index contributed by atoms with van der Waals surface area (Å²) in [6, 6.07) is 4.03. The number of esters is 1. The van der Waals surface area contributed by atoms with Gasteiger partial charge in [-0.15, -0.1) is 0 Å². The molecule has 0 heterocycles. The average Bonchev–Trinajstić information content (AvgIpc) is 2.65. The molecule has 8 nitrogen and oxygen atoms in total. The molecule has 0 spiro atoms. The molecule has 0 bridgehead atoms. The molecule has 0 saturated carbocycles. The zero-order chi connectivity index (χ0) is 21.3. The third kappa shape index (κ3) is 6.16. The number of carbonyl (C=O) groups is 2. The van der Waals surface area contributed by atoms with Crippen molar-refractivity contribution in [3.8, 4) is 0 Å².